The van der Waals surface area contributed by atoms with Crippen LogP contribution >= 0.6 is 11.8 Å². The molecule has 0 radical (unpaired) electrons. The first-order valence-electron chi connectivity index (χ1n) is 7.15. The average Bonchev–Trinajstić information content (AvgIpc) is 2.49. The van der Waals surface area contributed by atoms with Gasteiger partial charge in [-0.3, -0.25) is 0 Å². The molecule has 0 aliphatic heterocycles. The lowest BCUT2D eigenvalue weighted by Crippen LogP contribution is -2.19. The predicted molar refractivity (Wildman–Crippen MR) is 87.9 cm³/mol. The molecule has 1 N–H and O–H groups in total. The second kappa shape index (κ2) is 8.05. The summed E-state index contributed by atoms with van der Waals surface area (Å²) in [5.74, 6) is 1.53. The number of nitrogens with zero attached hydrogens (tertiary/aromatic N) is 1. The van der Waals surface area contributed by atoms with E-state index in [-0.39, 0.29) is 0 Å². The molecule has 0 spiro atoms. The van der Waals surface area contributed by atoms with Gasteiger partial charge in [-0.15, -0.1) is 0 Å². The summed E-state index contributed by atoms with van der Waals surface area (Å²) < 4.78 is 5.18. The molecule has 0 bridgehead atoms. The molecule has 2 aromatic rings. The maximum atomic E-state index is 5.18. The average molecular weight is 302 g/mol. The molecule has 0 amide bonds. The van der Waals surface area contributed by atoms with E-state index in [1.54, 1.807) is 18.9 Å². The van der Waals surface area contributed by atoms with Gasteiger partial charge in [0.15, 0.2) is 0 Å². The fourth-order valence-electron chi connectivity index (χ4n) is 1.90. The predicted octanol–water partition coefficient (Wildman–Crippen LogP) is 3.99. The van der Waals surface area contributed by atoms with E-state index in [9.17, 15) is 0 Å². The highest BCUT2D eigenvalue weighted by Crippen LogP contribution is 2.29. The standard InChI is InChI=1S/C17H22N2OS/c1-13(2)11-18-12-14-5-4-10-19-17(14)21-16-8-6-15(20-3)7-9-16/h4-10,13,18H,11-12H2,1-3H3. The van der Waals surface area contributed by atoms with Gasteiger partial charge in [-0.25, -0.2) is 4.98 Å². The van der Waals surface area contributed by atoms with Crippen molar-refractivity contribution in [2.24, 2.45) is 5.92 Å². The summed E-state index contributed by atoms with van der Waals surface area (Å²) in [5, 5.41) is 4.53. The Labute approximate surface area is 131 Å². The number of nitrogens with one attached hydrogen (secondary N) is 1. The van der Waals surface area contributed by atoms with Crippen LogP contribution in [0, 0.1) is 5.92 Å². The molecule has 1 aromatic carbocycles. The summed E-state index contributed by atoms with van der Waals surface area (Å²) in [7, 11) is 1.68. The molecule has 0 aliphatic carbocycles. The number of ether oxygens (including phenoxy) is 1. The molecule has 112 valence electrons. The molecule has 2 rings (SSSR count). The van der Waals surface area contributed by atoms with Crippen molar-refractivity contribution in [2.45, 2.75) is 30.3 Å². The molecule has 0 fully saturated rings. The van der Waals surface area contributed by atoms with Crippen molar-refractivity contribution < 1.29 is 4.74 Å². The molecular weight excluding hydrogens is 280 g/mol. The highest BCUT2D eigenvalue weighted by molar-refractivity contribution is 7.99. The van der Waals surface area contributed by atoms with Crippen LogP contribution in [0.3, 0.4) is 0 Å². The molecule has 21 heavy (non-hydrogen) atoms. The normalized spacial score (nSPS) is 10.9. The monoisotopic (exact) mass is 302 g/mol. The van der Waals surface area contributed by atoms with Crippen LogP contribution in [0.4, 0.5) is 0 Å². The number of hydrogen-bond donors (Lipinski definition) is 1. The summed E-state index contributed by atoms with van der Waals surface area (Å²) in [6.07, 6.45) is 1.85. The van der Waals surface area contributed by atoms with E-state index in [4.69, 9.17) is 4.74 Å². The Kier molecular flexibility index (Phi) is 6.08. The Morgan fingerprint density at radius 2 is 1.95 bits per heavy atom. The Morgan fingerprint density at radius 3 is 2.62 bits per heavy atom. The van der Waals surface area contributed by atoms with E-state index in [0.717, 1.165) is 23.9 Å². The molecule has 1 heterocycles. The zero-order chi connectivity index (χ0) is 15.1. The fourth-order valence-corrected chi connectivity index (χ4v) is 2.78. The van der Waals surface area contributed by atoms with E-state index in [1.807, 2.05) is 24.4 Å². The SMILES string of the molecule is COc1ccc(Sc2ncccc2CNCC(C)C)cc1. The molecule has 1 aromatic heterocycles. The Bertz CT molecular complexity index is 555. The minimum Gasteiger partial charge on any atom is -0.497 e. The summed E-state index contributed by atoms with van der Waals surface area (Å²) in [4.78, 5) is 5.67. The number of methoxy groups -OCH3 is 1. The van der Waals surface area contributed by atoms with Gasteiger partial charge in [0, 0.05) is 17.6 Å². The van der Waals surface area contributed by atoms with E-state index in [1.165, 1.54) is 10.5 Å². The number of benzene rings is 1. The van der Waals surface area contributed by atoms with E-state index >= 15 is 0 Å². The minimum absolute atomic E-state index is 0.652. The van der Waals surface area contributed by atoms with Crippen LogP contribution in [0.2, 0.25) is 0 Å². The lowest BCUT2D eigenvalue weighted by molar-refractivity contribution is 0.414. The molecular formula is C17H22N2OS. The molecule has 0 aliphatic rings. The minimum atomic E-state index is 0.652. The van der Waals surface area contributed by atoms with Crippen molar-refractivity contribution in [3.63, 3.8) is 0 Å². The molecule has 0 atom stereocenters. The van der Waals surface area contributed by atoms with Crippen molar-refractivity contribution in [1.82, 2.24) is 10.3 Å². The lowest BCUT2D eigenvalue weighted by Gasteiger charge is -2.11. The van der Waals surface area contributed by atoms with E-state index < -0.39 is 0 Å². The van der Waals surface area contributed by atoms with Gasteiger partial charge in [0.05, 0.1) is 7.11 Å². The van der Waals surface area contributed by atoms with Crippen LogP contribution in [-0.4, -0.2) is 18.6 Å². The Morgan fingerprint density at radius 1 is 1.19 bits per heavy atom. The third-order valence-corrected chi connectivity index (χ3v) is 4.06. The highest BCUT2D eigenvalue weighted by Gasteiger charge is 2.06. The number of aromatic nitrogens is 1. The summed E-state index contributed by atoms with van der Waals surface area (Å²) in [5.41, 5.74) is 1.24. The van der Waals surface area contributed by atoms with E-state index in [0.29, 0.717) is 5.92 Å². The second-order valence-corrected chi connectivity index (χ2v) is 6.33. The third-order valence-electron chi connectivity index (χ3n) is 2.99. The highest BCUT2D eigenvalue weighted by atomic mass is 32.2. The number of hydrogen-bond acceptors (Lipinski definition) is 4. The Hall–Kier alpha value is -1.52. The van der Waals surface area contributed by atoms with Gasteiger partial charge in [0.2, 0.25) is 0 Å². The molecule has 0 unspecified atom stereocenters. The van der Waals surface area contributed by atoms with Crippen molar-refractivity contribution in [1.29, 1.82) is 0 Å². The van der Waals surface area contributed by atoms with Gasteiger partial charge in [-0.1, -0.05) is 31.7 Å². The van der Waals surface area contributed by atoms with Gasteiger partial charge in [-0.2, -0.15) is 0 Å². The lowest BCUT2D eigenvalue weighted by atomic mass is 10.2. The van der Waals surface area contributed by atoms with Gasteiger partial charge in [0.1, 0.15) is 10.8 Å². The van der Waals surface area contributed by atoms with Crippen LogP contribution in [-0.2, 0) is 6.54 Å². The summed E-state index contributed by atoms with van der Waals surface area (Å²) >= 11 is 1.69. The smallest absolute Gasteiger partial charge is 0.118 e. The summed E-state index contributed by atoms with van der Waals surface area (Å²) in [6, 6.07) is 12.2. The van der Waals surface area contributed by atoms with Crippen LogP contribution in [0.15, 0.2) is 52.5 Å². The van der Waals surface area contributed by atoms with Crippen LogP contribution in [0.25, 0.3) is 0 Å². The summed E-state index contributed by atoms with van der Waals surface area (Å²) in [6.45, 7) is 6.29. The molecule has 4 heteroatoms. The first-order chi connectivity index (χ1) is 10.2. The first kappa shape index (κ1) is 15.9. The molecule has 3 nitrogen and oxygen atoms in total. The molecule has 0 saturated carbocycles. The third kappa shape index (κ3) is 5.06. The second-order valence-electron chi connectivity index (χ2n) is 5.27. The topological polar surface area (TPSA) is 34.1 Å². The van der Waals surface area contributed by atoms with Crippen LogP contribution in [0.5, 0.6) is 5.75 Å². The van der Waals surface area contributed by atoms with Gasteiger partial charge >= 0.3 is 0 Å². The zero-order valence-electron chi connectivity index (χ0n) is 12.8. The van der Waals surface area contributed by atoms with Crippen molar-refractivity contribution in [2.75, 3.05) is 13.7 Å². The fraction of sp³-hybridized carbons (Fsp3) is 0.353. The van der Waals surface area contributed by atoms with Crippen LogP contribution in [0.1, 0.15) is 19.4 Å². The van der Waals surface area contributed by atoms with Gasteiger partial charge in [0.25, 0.3) is 0 Å². The largest absolute Gasteiger partial charge is 0.497 e. The zero-order valence-corrected chi connectivity index (χ0v) is 13.6. The quantitative estimate of drug-likeness (QED) is 0.838. The van der Waals surface area contributed by atoms with Crippen LogP contribution < -0.4 is 10.1 Å². The van der Waals surface area contributed by atoms with Gasteiger partial charge in [-0.05, 0) is 48.4 Å². The maximum Gasteiger partial charge on any atom is 0.118 e. The maximum absolute atomic E-state index is 5.18. The van der Waals surface area contributed by atoms with E-state index in [2.05, 4.69) is 42.3 Å². The van der Waals surface area contributed by atoms with Crippen molar-refractivity contribution in [3.05, 3.63) is 48.2 Å². The number of rotatable bonds is 7. The first-order valence-corrected chi connectivity index (χ1v) is 7.97. The van der Waals surface area contributed by atoms with Crippen molar-refractivity contribution >= 4 is 11.8 Å². The van der Waals surface area contributed by atoms with Gasteiger partial charge < -0.3 is 10.1 Å². The number of pyridine rings is 1. The molecule has 0 saturated heterocycles. The van der Waals surface area contributed by atoms with Crippen molar-refractivity contribution in [3.8, 4) is 5.75 Å². The Balaban J connectivity index is 2.04.